The van der Waals surface area contributed by atoms with Crippen LogP contribution in [0.5, 0.6) is 0 Å². The minimum absolute atomic E-state index is 0.0339. The van der Waals surface area contributed by atoms with Crippen molar-refractivity contribution in [1.29, 1.82) is 0 Å². The van der Waals surface area contributed by atoms with Crippen LogP contribution in [0, 0.1) is 0 Å². The Balaban J connectivity index is 2.16. The fraction of sp³-hybridized carbons (Fsp3) is 0.150. The molecule has 0 spiro atoms. The molecule has 3 rings (SSSR count). The monoisotopic (exact) mass is 306 g/mol. The molecule has 2 aromatic rings. The van der Waals surface area contributed by atoms with E-state index < -0.39 is 0 Å². The minimum atomic E-state index is -0.357. The van der Waals surface area contributed by atoms with Crippen LogP contribution in [0.3, 0.4) is 0 Å². The Morgan fingerprint density at radius 1 is 1.00 bits per heavy atom. The zero-order valence-corrected chi connectivity index (χ0v) is 13.0. The van der Waals surface area contributed by atoms with Gasteiger partial charge in [0.05, 0.1) is 5.57 Å². The maximum atomic E-state index is 12.4. The highest BCUT2D eigenvalue weighted by Gasteiger charge is 2.31. The lowest BCUT2D eigenvalue weighted by molar-refractivity contribution is -0.131. The van der Waals surface area contributed by atoms with Gasteiger partial charge in [0.15, 0.2) is 0 Å². The molecule has 2 aromatic carbocycles. The number of ether oxygens (including phenoxy) is 1. The molecule has 0 saturated heterocycles. The molecule has 0 atom stereocenters. The van der Waals surface area contributed by atoms with E-state index in [0.29, 0.717) is 17.8 Å². The van der Waals surface area contributed by atoms with Crippen molar-refractivity contribution >= 4 is 17.1 Å². The second-order valence-electron chi connectivity index (χ2n) is 5.40. The summed E-state index contributed by atoms with van der Waals surface area (Å²) in [5.41, 5.74) is 4.03. The van der Waals surface area contributed by atoms with Crippen LogP contribution in [0.1, 0.15) is 24.5 Å². The summed E-state index contributed by atoms with van der Waals surface area (Å²) >= 11 is 0. The van der Waals surface area contributed by atoms with Crippen molar-refractivity contribution in [1.82, 2.24) is 0 Å². The minimum Gasteiger partial charge on any atom is -0.422 e. The Bertz CT molecular complexity index is 771. The van der Waals surface area contributed by atoms with E-state index in [9.17, 15) is 9.90 Å². The Morgan fingerprint density at radius 3 is 2.22 bits per heavy atom. The average Bonchev–Trinajstić information content (AvgIpc) is 2.92. The summed E-state index contributed by atoms with van der Waals surface area (Å²) in [7, 11) is 0. The smallest absolute Gasteiger partial charge is 0.344 e. The third kappa shape index (κ3) is 2.96. The topological polar surface area (TPSA) is 46.5 Å². The van der Waals surface area contributed by atoms with Gasteiger partial charge in [0.1, 0.15) is 5.76 Å². The number of aliphatic hydroxyl groups is 1. The molecule has 116 valence electrons. The third-order valence-corrected chi connectivity index (χ3v) is 3.95. The van der Waals surface area contributed by atoms with Crippen molar-refractivity contribution in [3.63, 3.8) is 0 Å². The zero-order valence-electron chi connectivity index (χ0n) is 13.0. The van der Waals surface area contributed by atoms with Crippen molar-refractivity contribution in [2.45, 2.75) is 13.3 Å². The number of benzene rings is 2. The van der Waals surface area contributed by atoms with E-state index in [2.05, 4.69) is 0 Å². The van der Waals surface area contributed by atoms with Crippen LogP contribution in [-0.4, -0.2) is 17.7 Å². The highest BCUT2D eigenvalue weighted by Crippen LogP contribution is 2.38. The van der Waals surface area contributed by atoms with Gasteiger partial charge in [-0.05, 0) is 23.6 Å². The second kappa shape index (κ2) is 6.63. The second-order valence-corrected chi connectivity index (χ2v) is 5.40. The highest BCUT2D eigenvalue weighted by atomic mass is 16.5. The summed E-state index contributed by atoms with van der Waals surface area (Å²) < 4.78 is 5.57. The Morgan fingerprint density at radius 2 is 1.61 bits per heavy atom. The summed E-state index contributed by atoms with van der Waals surface area (Å²) in [6, 6.07) is 19.2. The zero-order chi connectivity index (χ0) is 16.2. The lowest BCUT2D eigenvalue weighted by Gasteiger charge is -2.09. The first-order chi connectivity index (χ1) is 11.2. The average molecular weight is 306 g/mol. The van der Waals surface area contributed by atoms with Crippen LogP contribution < -0.4 is 0 Å². The summed E-state index contributed by atoms with van der Waals surface area (Å²) in [5.74, 6) is 0.207. The molecule has 1 aliphatic rings. The van der Waals surface area contributed by atoms with Crippen LogP contribution >= 0.6 is 0 Å². The molecule has 23 heavy (non-hydrogen) atoms. The van der Waals surface area contributed by atoms with E-state index in [-0.39, 0.29) is 12.6 Å². The van der Waals surface area contributed by atoms with Gasteiger partial charge in [0.2, 0.25) is 0 Å². The molecular weight excluding hydrogens is 288 g/mol. The van der Waals surface area contributed by atoms with Gasteiger partial charge in [-0.3, -0.25) is 0 Å². The fourth-order valence-electron chi connectivity index (χ4n) is 2.81. The maximum Gasteiger partial charge on any atom is 0.344 e. The standard InChI is InChI=1S/C20H18O3/c1-14(15-8-4-2-5-9-15)19-17(12-13-21)18(20(22)23-19)16-10-6-3-7-11-16/h2-11,21H,12-13H2,1H3/b19-14-. The van der Waals surface area contributed by atoms with E-state index in [1.165, 1.54) is 0 Å². The SMILES string of the molecule is C/C(=C1/OC(=O)C(c2ccccc2)=C1CCO)c1ccccc1. The summed E-state index contributed by atoms with van der Waals surface area (Å²) in [6.45, 7) is 1.90. The number of carbonyl (C=O) groups excluding carboxylic acids is 1. The van der Waals surface area contributed by atoms with E-state index in [4.69, 9.17) is 4.74 Å². The van der Waals surface area contributed by atoms with Crippen LogP contribution in [0.2, 0.25) is 0 Å². The number of hydrogen-bond donors (Lipinski definition) is 1. The van der Waals surface area contributed by atoms with Crippen LogP contribution in [0.25, 0.3) is 11.1 Å². The number of cyclic esters (lactones) is 1. The molecule has 0 unspecified atom stereocenters. The number of aliphatic hydroxyl groups excluding tert-OH is 1. The molecule has 1 N–H and O–H groups in total. The Hall–Kier alpha value is -2.65. The fourth-order valence-corrected chi connectivity index (χ4v) is 2.81. The van der Waals surface area contributed by atoms with Crippen molar-refractivity contribution in [2.24, 2.45) is 0 Å². The summed E-state index contributed by atoms with van der Waals surface area (Å²) in [4.78, 5) is 12.4. The van der Waals surface area contributed by atoms with Crippen molar-refractivity contribution in [2.75, 3.05) is 6.61 Å². The van der Waals surface area contributed by atoms with E-state index in [1.807, 2.05) is 67.6 Å². The van der Waals surface area contributed by atoms with Crippen LogP contribution in [-0.2, 0) is 9.53 Å². The first-order valence-electron chi connectivity index (χ1n) is 7.60. The molecule has 0 aromatic heterocycles. The molecular formula is C20H18O3. The normalized spacial score (nSPS) is 16.5. The Labute approximate surface area is 135 Å². The van der Waals surface area contributed by atoms with Gasteiger partial charge in [-0.15, -0.1) is 0 Å². The molecule has 0 fully saturated rings. The van der Waals surface area contributed by atoms with Gasteiger partial charge in [0, 0.05) is 18.6 Å². The summed E-state index contributed by atoms with van der Waals surface area (Å²) in [5, 5.41) is 9.42. The lowest BCUT2D eigenvalue weighted by atomic mass is 9.95. The van der Waals surface area contributed by atoms with E-state index in [1.54, 1.807) is 0 Å². The molecule has 0 saturated carbocycles. The largest absolute Gasteiger partial charge is 0.422 e. The van der Waals surface area contributed by atoms with Crippen LogP contribution in [0.15, 0.2) is 72.0 Å². The van der Waals surface area contributed by atoms with Gasteiger partial charge in [0.25, 0.3) is 0 Å². The molecule has 1 heterocycles. The quantitative estimate of drug-likeness (QED) is 0.874. The molecule has 0 radical (unpaired) electrons. The number of esters is 1. The number of carbonyl (C=O) groups is 1. The highest BCUT2D eigenvalue weighted by molar-refractivity contribution is 6.21. The van der Waals surface area contributed by atoms with Crippen molar-refractivity contribution in [3.05, 3.63) is 83.1 Å². The first-order valence-corrected chi connectivity index (χ1v) is 7.60. The van der Waals surface area contributed by atoms with E-state index >= 15 is 0 Å². The Kier molecular flexibility index (Phi) is 4.40. The van der Waals surface area contributed by atoms with Gasteiger partial charge >= 0.3 is 5.97 Å². The molecule has 0 aliphatic carbocycles. The maximum absolute atomic E-state index is 12.4. The van der Waals surface area contributed by atoms with Gasteiger partial charge in [-0.1, -0.05) is 60.7 Å². The number of hydrogen-bond acceptors (Lipinski definition) is 3. The predicted molar refractivity (Wildman–Crippen MR) is 90.2 cm³/mol. The van der Waals surface area contributed by atoms with Gasteiger partial charge < -0.3 is 9.84 Å². The molecule has 1 aliphatic heterocycles. The molecule has 0 amide bonds. The van der Waals surface area contributed by atoms with Gasteiger partial charge in [-0.25, -0.2) is 4.79 Å². The first kappa shape index (κ1) is 15.3. The molecule has 3 nitrogen and oxygen atoms in total. The lowest BCUT2D eigenvalue weighted by Crippen LogP contribution is -1.98. The van der Waals surface area contributed by atoms with E-state index in [0.717, 1.165) is 22.3 Å². The molecule has 3 heteroatoms. The molecule has 0 bridgehead atoms. The summed E-state index contributed by atoms with van der Waals surface area (Å²) in [6.07, 6.45) is 0.384. The third-order valence-electron chi connectivity index (χ3n) is 3.95. The van der Waals surface area contributed by atoms with Crippen molar-refractivity contribution < 1.29 is 14.6 Å². The van der Waals surface area contributed by atoms with Crippen LogP contribution in [0.4, 0.5) is 0 Å². The van der Waals surface area contributed by atoms with Gasteiger partial charge in [-0.2, -0.15) is 0 Å². The number of rotatable bonds is 4. The van der Waals surface area contributed by atoms with Crippen molar-refractivity contribution in [3.8, 4) is 0 Å². The number of allylic oxidation sites excluding steroid dienone is 2. The predicted octanol–water partition coefficient (Wildman–Crippen LogP) is 3.81.